The van der Waals surface area contributed by atoms with Gasteiger partial charge in [0, 0.05) is 32.7 Å². The molecule has 1 aromatic carbocycles. The third-order valence-corrected chi connectivity index (χ3v) is 5.39. The summed E-state index contributed by atoms with van der Waals surface area (Å²) < 4.78 is 5.79. The first-order valence-corrected chi connectivity index (χ1v) is 9.63. The van der Waals surface area contributed by atoms with E-state index in [0.29, 0.717) is 43.5 Å². The lowest BCUT2D eigenvalue weighted by Crippen LogP contribution is -2.44. The highest BCUT2D eigenvalue weighted by atomic mass is 35.5. The molecule has 7 heteroatoms. The van der Waals surface area contributed by atoms with E-state index in [1.54, 1.807) is 11.0 Å². The summed E-state index contributed by atoms with van der Waals surface area (Å²) in [4.78, 5) is 28.7. The molecule has 3 rings (SSSR count). The maximum absolute atomic E-state index is 12.8. The van der Waals surface area contributed by atoms with Crippen molar-refractivity contribution in [2.24, 2.45) is 11.7 Å². The number of para-hydroxylation sites is 1. The number of ether oxygens (including phenoxy) is 1. The summed E-state index contributed by atoms with van der Waals surface area (Å²) in [5.41, 5.74) is 6.16. The van der Waals surface area contributed by atoms with E-state index in [9.17, 15) is 9.59 Å². The molecule has 1 atom stereocenters. The molecule has 0 saturated carbocycles. The largest absolute Gasteiger partial charge is 0.378 e. The van der Waals surface area contributed by atoms with Gasteiger partial charge in [-0.15, -0.1) is 0 Å². The first-order valence-electron chi connectivity index (χ1n) is 9.25. The van der Waals surface area contributed by atoms with Crippen molar-refractivity contribution in [2.75, 3.05) is 37.7 Å². The van der Waals surface area contributed by atoms with Crippen LogP contribution in [0.5, 0.6) is 0 Å². The van der Waals surface area contributed by atoms with Gasteiger partial charge in [0.05, 0.1) is 22.7 Å². The Kier molecular flexibility index (Phi) is 6.51. The Balaban J connectivity index is 1.53. The molecule has 0 aliphatic carbocycles. The number of benzene rings is 1. The molecular weight excluding hydrogens is 354 g/mol. The molecular formula is C19H26ClN3O3. The minimum atomic E-state index is -0.298. The van der Waals surface area contributed by atoms with Crippen molar-refractivity contribution in [2.45, 2.75) is 31.8 Å². The van der Waals surface area contributed by atoms with E-state index in [2.05, 4.69) is 0 Å². The van der Waals surface area contributed by atoms with Crippen molar-refractivity contribution in [1.29, 1.82) is 0 Å². The second kappa shape index (κ2) is 8.84. The number of hydrogen-bond acceptors (Lipinski definition) is 4. The fraction of sp³-hybridized carbons (Fsp3) is 0.579. The van der Waals surface area contributed by atoms with Gasteiger partial charge in [0.2, 0.25) is 11.8 Å². The smallest absolute Gasteiger partial charge is 0.228 e. The monoisotopic (exact) mass is 379 g/mol. The zero-order valence-corrected chi connectivity index (χ0v) is 15.7. The van der Waals surface area contributed by atoms with Crippen LogP contribution >= 0.6 is 11.6 Å². The van der Waals surface area contributed by atoms with Crippen molar-refractivity contribution in [1.82, 2.24) is 4.90 Å². The molecule has 2 N–H and O–H groups in total. The highest BCUT2D eigenvalue weighted by molar-refractivity contribution is 6.33. The lowest BCUT2D eigenvalue weighted by molar-refractivity contribution is -0.138. The topological polar surface area (TPSA) is 75.9 Å². The highest BCUT2D eigenvalue weighted by Crippen LogP contribution is 2.32. The van der Waals surface area contributed by atoms with Crippen molar-refractivity contribution in [3.8, 4) is 0 Å². The van der Waals surface area contributed by atoms with Gasteiger partial charge in [-0.3, -0.25) is 9.59 Å². The Labute approximate surface area is 159 Å². The number of likely N-dealkylation sites (tertiary alicyclic amines) is 1. The summed E-state index contributed by atoms with van der Waals surface area (Å²) in [5, 5.41) is 0.532. The number of rotatable bonds is 6. The summed E-state index contributed by atoms with van der Waals surface area (Å²) in [6.45, 7) is 3.08. The quantitative estimate of drug-likeness (QED) is 0.767. The van der Waals surface area contributed by atoms with E-state index in [4.69, 9.17) is 22.1 Å². The van der Waals surface area contributed by atoms with Crippen LogP contribution in [0.4, 0.5) is 5.69 Å². The molecule has 2 aliphatic rings. The van der Waals surface area contributed by atoms with Gasteiger partial charge in [0.15, 0.2) is 0 Å². The number of carbonyl (C=O) groups excluding carboxylic acids is 2. The molecule has 0 radical (unpaired) electrons. The first-order chi connectivity index (χ1) is 12.6. The molecule has 2 fully saturated rings. The van der Waals surface area contributed by atoms with Gasteiger partial charge in [-0.1, -0.05) is 23.7 Å². The number of hydrogen-bond donors (Lipinski definition) is 1. The molecule has 0 aromatic heterocycles. The average Bonchev–Trinajstić information content (AvgIpc) is 3.04. The summed E-state index contributed by atoms with van der Waals surface area (Å²) in [5.74, 6) is -0.279. The zero-order chi connectivity index (χ0) is 18.5. The van der Waals surface area contributed by atoms with Crippen LogP contribution in [0.15, 0.2) is 24.3 Å². The number of amides is 2. The maximum Gasteiger partial charge on any atom is 0.228 e. The molecule has 1 aromatic rings. The second-order valence-electron chi connectivity index (χ2n) is 6.89. The molecule has 26 heavy (non-hydrogen) atoms. The normalized spacial score (nSPS) is 21.5. The minimum absolute atomic E-state index is 0.0450. The molecule has 2 heterocycles. The predicted octanol–water partition coefficient (Wildman–Crippen LogP) is 2.05. The van der Waals surface area contributed by atoms with Crippen LogP contribution in [0.25, 0.3) is 0 Å². The Hall–Kier alpha value is -1.63. The maximum atomic E-state index is 12.8. The zero-order valence-electron chi connectivity index (χ0n) is 14.9. The number of nitrogens with two attached hydrogens (primary N) is 1. The van der Waals surface area contributed by atoms with Gasteiger partial charge in [0.25, 0.3) is 0 Å². The van der Waals surface area contributed by atoms with E-state index in [0.717, 1.165) is 19.3 Å². The second-order valence-corrected chi connectivity index (χ2v) is 7.30. The van der Waals surface area contributed by atoms with E-state index < -0.39 is 0 Å². The number of anilines is 1. The lowest BCUT2D eigenvalue weighted by Gasteiger charge is -2.33. The third-order valence-electron chi connectivity index (χ3n) is 5.07. The Morgan fingerprint density at radius 2 is 2.00 bits per heavy atom. The molecule has 0 spiro atoms. The fourth-order valence-corrected chi connectivity index (χ4v) is 3.85. The van der Waals surface area contributed by atoms with Gasteiger partial charge in [-0.25, -0.2) is 0 Å². The van der Waals surface area contributed by atoms with Crippen LogP contribution < -0.4 is 10.6 Å². The summed E-state index contributed by atoms with van der Waals surface area (Å²) >= 11 is 6.20. The molecule has 2 amide bonds. The van der Waals surface area contributed by atoms with Crippen LogP contribution in [-0.4, -0.2) is 55.6 Å². The molecule has 2 saturated heterocycles. The number of piperidine rings is 1. The lowest BCUT2D eigenvalue weighted by atomic mass is 10.0. The number of halogens is 1. The van der Waals surface area contributed by atoms with Gasteiger partial charge < -0.3 is 20.3 Å². The average molecular weight is 380 g/mol. The van der Waals surface area contributed by atoms with E-state index in [-0.39, 0.29) is 30.3 Å². The minimum Gasteiger partial charge on any atom is -0.378 e. The van der Waals surface area contributed by atoms with Crippen LogP contribution in [0.2, 0.25) is 5.02 Å². The Morgan fingerprint density at radius 1 is 1.27 bits per heavy atom. The van der Waals surface area contributed by atoms with Gasteiger partial charge in [-0.2, -0.15) is 0 Å². The van der Waals surface area contributed by atoms with Crippen molar-refractivity contribution in [3.63, 3.8) is 0 Å². The predicted molar refractivity (Wildman–Crippen MR) is 101 cm³/mol. The summed E-state index contributed by atoms with van der Waals surface area (Å²) in [6, 6.07) is 7.25. The Morgan fingerprint density at radius 3 is 2.69 bits per heavy atom. The van der Waals surface area contributed by atoms with Crippen molar-refractivity contribution >= 4 is 29.1 Å². The van der Waals surface area contributed by atoms with Crippen LogP contribution in [0.3, 0.4) is 0 Å². The van der Waals surface area contributed by atoms with Gasteiger partial charge in [-0.05, 0) is 37.9 Å². The van der Waals surface area contributed by atoms with Gasteiger partial charge in [0.1, 0.15) is 0 Å². The van der Waals surface area contributed by atoms with E-state index in [1.807, 2.05) is 23.1 Å². The molecule has 6 nitrogen and oxygen atoms in total. The molecule has 2 aliphatic heterocycles. The molecule has 0 bridgehead atoms. The summed E-state index contributed by atoms with van der Waals surface area (Å²) in [6.07, 6.45) is 2.99. The van der Waals surface area contributed by atoms with Crippen molar-refractivity contribution < 1.29 is 14.3 Å². The fourth-order valence-electron chi connectivity index (χ4n) is 3.61. The first kappa shape index (κ1) is 19.1. The molecule has 142 valence electrons. The van der Waals surface area contributed by atoms with Gasteiger partial charge >= 0.3 is 0 Å². The third kappa shape index (κ3) is 4.37. The van der Waals surface area contributed by atoms with E-state index in [1.165, 1.54) is 0 Å². The van der Waals surface area contributed by atoms with Crippen LogP contribution in [-0.2, 0) is 14.3 Å². The SMILES string of the molecule is NCCCOC1CCN(C(=O)[C@H]2CC(=O)N(c3ccccc3Cl)C2)CC1. The standard InChI is InChI=1S/C19H26ClN3O3/c20-16-4-1-2-5-17(16)23-13-14(12-18(23)24)19(25)22-9-6-15(7-10-22)26-11-3-8-21/h1-2,4-5,14-15H,3,6-13,21H2/t14-/m0/s1. The summed E-state index contributed by atoms with van der Waals surface area (Å²) in [7, 11) is 0. The highest BCUT2D eigenvalue weighted by Gasteiger charge is 2.38. The van der Waals surface area contributed by atoms with E-state index >= 15 is 0 Å². The van der Waals surface area contributed by atoms with Crippen molar-refractivity contribution in [3.05, 3.63) is 29.3 Å². The number of carbonyl (C=O) groups is 2. The van der Waals surface area contributed by atoms with Crippen LogP contribution in [0, 0.1) is 5.92 Å². The molecule has 0 unspecified atom stereocenters. The number of nitrogens with zero attached hydrogens (tertiary/aromatic N) is 2. The van der Waals surface area contributed by atoms with Crippen LogP contribution in [0.1, 0.15) is 25.7 Å². The Bertz CT molecular complexity index is 647.